The van der Waals surface area contributed by atoms with Gasteiger partial charge in [-0.1, -0.05) is 32.9 Å². The van der Waals surface area contributed by atoms with Crippen molar-refractivity contribution in [2.45, 2.75) is 26.2 Å². The molecule has 0 amide bonds. The number of nitrogens with one attached hydrogen (secondary N) is 1. The van der Waals surface area contributed by atoms with Crippen molar-refractivity contribution in [2.75, 3.05) is 29.9 Å². The van der Waals surface area contributed by atoms with E-state index < -0.39 is 0 Å². The molecule has 4 heterocycles. The van der Waals surface area contributed by atoms with E-state index in [1.807, 2.05) is 34.8 Å². The lowest BCUT2D eigenvalue weighted by Crippen LogP contribution is -2.50. The van der Waals surface area contributed by atoms with Gasteiger partial charge in [0.1, 0.15) is 5.82 Å². The molecule has 0 atom stereocenters. The molecular formula is C21H26N8. The molecule has 0 unspecified atom stereocenters. The average Bonchev–Trinajstić information content (AvgIpc) is 3.22. The topological polar surface area (TPSA) is 76.2 Å². The van der Waals surface area contributed by atoms with E-state index in [4.69, 9.17) is 5.10 Å². The lowest BCUT2D eigenvalue weighted by Gasteiger charge is -2.40. The highest BCUT2D eigenvalue weighted by Crippen LogP contribution is 2.26. The number of aromatic nitrogens is 6. The largest absolute Gasteiger partial charge is 0.355 e. The van der Waals surface area contributed by atoms with Crippen LogP contribution in [-0.4, -0.2) is 49.0 Å². The van der Waals surface area contributed by atoms with E-state index in [1.54, 1.807) is 0 Å². The number of aryl methyl sites for hydroxylation is 1. The Morgan fingerprint density at radius 3 is 2.62 bits per heavy atom. The van der Waals surface area contributed by atoms with Crippen molar-refractivity contribution in [3.05, 3.63) is 42.2 Å². The summed E-state index contributed by atoms with van der Waals surface area (Å²) in [5.74, 6) is 3.34. The zero-order valence-electron chi connectivity index (χ0n) is 17.3. The first-order chi connectivity index (χ1) is 13.9. The van der Waals surface area contributed by atoms with Crippen molar-refractivity contribution in [1.82, 2.24) is 29.4 Å². The molecule has 0 aliphatic carbocycles. The van der Waals surface area contributed by atoms with Gasteiger partial charge in [0.2, 0.25) is 5.95 Å². The minimum absolute atomic E-state index is 0.0992. The summed E-state index contributed by atoms with van der Waals surface area (Å²) < 4.78 is 3.99. The molecule has 0 radical (unpaired) electrons. The Hall–Kier alpha value is -3.16. The number of fused-ring (bicyclic) bond motifs is 2. The van der Waals surface area contributed by atoms with Gasteiger partial charge in [-0.25, -0.2) is 4.98 Å². The quantitative estimate of drug-likeness (QED) is 0.577. The molecule has 0 spiro atoms. The summed E-state index contributed by atoms with van der Waals surface area (Å²) in [5.41, 5.74) is 2.86. The second kappa shape index (κ2) is 6.43. The fourth-order valence-corrected chi connectivity index (χ4v) is 3.84. The van der Waals surface area contributed by atoms with E-state index in [-0.39, 0.29) is 5.41 Å². The third-order valence-corrected chi connectivity index (χ3v) is 5.54. The van der Waals surface area contributed by atoms with Crippen molar-refractivity contribution in [1.29, 1.82) is 0 Å². The van der Waals surface area contributed by atoms with Gasteiger partial charge in [-0.15, -0.1) is 15.3 Å². The molecule has 4 aromatic rings. The second-order valence-electron chi connectivity index (χ2n) is 8.87. The van der Waals surface area contributed by atoms with Crippen LogP contribution in [0.2, 0.25) is 0 Å². The standard InChI is InChI=1S/C21H26N8/c1-21(2,3)19-25-24-17-9-10-18(26-29(17)19)28-12-14(13-28)11-22-20-23-15-7-5-6-8-16(15)27(20)4/h5-10,14H,11-13H2,1-4H3,(H,22,23). The number of nitrogens with zero attached hydrogens (tertiary/aromatic N) is 7. The monoisotopic (exact) mass is 390 g/mol. The summed E-state index contributed by atoms with van der Waals surface area (Å²) in [6.07, 6.45) is 0. The molecule has 1 N–H and O–H groups in total. The van der Waals surface area contributed by atoms with Gasteiger partial charge < -0.3 is 14.8 Å². The van der Waals surface area contributed by atoms with Crippen LogP contribution in [0.5, 0.6) is 0 Å². The van der Waals surface area contributed by atoms with Gasteiger partial charge in [0.25, 0.3) is 0 Å². The fraction of sp³-hybridized carbons (Fsp3) is 0.429. The second-order valence-corrected chi connectivity index (χ2v) is 8.87. The molecule has 0 saturated carbocycles. The van der Waals surface area contributed by atoms with Gasteiger partial charge in [-0.05, 0) is 24.3 Å². The van der Waals surface area contributed by atoms with Gasteiger partial charge in [-0.2, -0.15) is 4.52 Å². The normalized spacial score (nSPS) is 15.2. The van der Waals surface area contributed by atoms with Crippen LogP contribution in [0.4, 0.5) is 11.8 Å². The molecule has 1 saturated heterocycles. The SMILES string of the molecule is Cn1c(NCC2CN(c3ccc4nnc(C(C)(C)C)n4n3)C2)nc2ccccc21. The lowest BCUT2D eigenvalue weighted by molar-refractivity contribution is 0.423. The Kier molecular flexibility index (Phi) is 3.97. The highest BCUT2D eigenvalue weighted by Gasteiger charge is 2.29. The molecule has 0 bridgehead atoms. The van der Waals surface area contributed by atoms with Crippen LogP contribution in [-0.2, 0) is 12.5 Å². The molecule has 8 nitrogen and oxygen atoms in total. The van der Waals surface area contributed by atoms with E-state index in [0.29, 0.717) is 5.92 Å². The average molecular weight is 390 g/mol. The minimum atomic E-state index is -0.0992. The van der Waals surface area contributed by atoms with Crippen LogP contribution in [0, 0.1) is 5.92 Å². The molecule has 1 aromatic carbocycles. The summed E-state index contributed by atoms with van der Waals surface area (Å²) in [6, 6.07) is 12.2. The predicted molar refractivity (Wildman–Crippen MR) is 114 cm³/mol. The van der Waals surface area contributed by atoms with Crippen molar-refractivity contribution in [3.63, 3.8) is 0 Å². The van der Waals surface area contributed by atoms with Crippen molar-refractivity contribution in [2.24, 2.45) is 13.0 Å². The smallest absolute Gasteiger partial charge is 0.203 e. The molecule has 5 rings (SSSR count). The van der Waals surface area contributed by atoms with Crippen LogP contribution < -0.4 is 10.2 Å². The molecule has 1 aliphatic rings. The molecular weight excluding hydrogens is 364 g/mol. The summed E-state index contributed by atoms with van der Waals surface area (Å²) in [7, 11) is 2.05. The first-order valence-corrected chi connectivity index (χ1v) is 10.0. The third-order valence-electron chi connectivity index (χ3n) is 5.54. The Morgan fingerprint density at radius 2 is 1.86 bits per heavy atom. The maximum absolute atomic E-state index is 4.80. The Balaban J connectivity index is 1.25. The number of para-hydroxylation sites is 2. The van der Waals surface area contributed by atoms with Gasteiger partial charge in [-0.3, -0.25) is 0 Å². The zero-order valence-corrected chi connectivity index (χ0v) is 17.3. The summed E-state index contributed by atoms with van der Waals surface area (Å²) in [6.45, 7) is 9.24. The van der Waals surface area contributed by atoms with Crippen molar-refractivity contribution >= 4 is 28.4 Å². The van der Waals surface area contributed by atoms with Gasteiger partial charge in [0, 0.05) is 38.0 Å². The third kappa shape index (κ3) is 3.08. The Labute approximate surface area is 169 Å². The van der Waals surface area contributed by atoms with Crippen LogP contribution in [0.25, 0.3) is 16.7 Å². The molecule has 29 heavy (non-hydrogen) atoms. The summed E-state index contributed by atoms with van der Waals surface area (Å²) >= 11 is 0. The molecule has 1 aliphatic heterocycles. The summed E-state index contributed by atoms with van der Waals surface area (Å²) in [4.78, 5) is 6.99. The lowest BCUT2D eigenvalue weighted by atomic mass is 9.96. The number of imidazole rings is 1. The maximum atomic E-state index is 4.80. The number of hydrogen-bond acceptors (Lipinski definition) is 6. The van der Waals surface area contributed by atoms with Gasteiger partial charge in [0.05, 0.1) is 11.0 Å². The molecule has 150 valence electrons. The maximum Gasteiger partial charge on any atom is 0.203 e. The fourth-order valence-electron chi connectivity index (χ4n) is 3.84. The predicted octanol–water partition coefficient (Wildman–Crippen LogP) is 2.86. The Morgan fingerprint density at radius 1 is 1.07 bits per heavy atom. The zero-order chi connectivity index (χ0) is 20.2. The van der Waals surface area contributed by atoms with Gasteiger partial charge in [0.15, 0.2) is 11.5 Å². The van der Waals surface area contributed by atoms with E-state index in [1.165, 1.54) is 0 Å². The number of hydrogen-bond donors (Lipinski definition) is 1. The number of rotatable bonds is 4. The summed E-state index contributed by atoms with van der Waals surface area (Å²) in [5, 5.41) is 16.9. The number of anilines is 2. The van der Waals surface area contributed by atoms with Gasteiger partial charge >= 0.3 is 0 Å². The first-order valence-electron chi connectivity index (χ1n) is 10.0. The minimum Gasteiger partial charge on any atom is -0.355 e. The highest BCUT2D eigenvalue weighted by molar-refractivity contribution is 5.78. The van der Waals surface area contributed by atoms with Crippen LogP contribution in [0.3, 0.4) is 0 Å². The van der Waals surface area contributed by atoms with Crippen LogP contribution >= 0.6 is 0 Å². The molecule has 1 fully saturated rings. The highest BCUT2D eigenvalue weighted by atomic mass is 15.4. The van der Waals surface area contributed by atoms with Crippen LogP contribution in [0.15, 0.2) is 36.4 Å². The molecule has 3 aromatic heterocycles. The van der Waals surface area contributed by atoms with Crippen molar-refractivity contribution in [3.8, 4) is 0 Å². The molecule has 8 heteroatoms. The van der Waals surface area contributed by atoms with E-state index in [2.05, 4.69) is 63.9 Å². The Bertz CT molecular complexity index is 1180. The van der Waals surface area contributed by atoms with E-state index in [9.17, 15) is 0 Å². The number of benzene rings is 1. The van der Waals surface area contributed by atoms with E-state index in [0.717, 1.165) is 53.9 Å². The first kappa shape index (κ1) is 17.9. The van der Waals surface area contributed by atoms with Crippen molar-refractivity contribution < 1.29 is 0 Å². The van der Waals surface area contributed by atoms with E-state index >= 15 is 0 Å². The van der Waals surface area contributed by atoms with Crippen LogP contribution in [0.1, 0.15) is 26.6 Å².